The first-order valence-corrected chi connectivity index (χ1v) is 6.46. The van der Waals surface area contributed by atoms with Gasteiger partial charge in [-0.3, -0.25) is 9.89 Å². The maximum atomic E-state index is 9.64. The van der Waals surface area contributed by atoms with Crippen LogP contribution < -0.4 is 0 Å². The zero-order valence-corrected chi connectivity index (χ0v) is 11.4. The summed E-state index contributed by atoms with van der Waals surface area (Å²) in [5.41, 5.74) is 2.49. The number of aliphatic hydroxyl groups is 1. The van der Waals surface area contributed by atoms with Crippen molar-refractivity contribution in [3.8, 4) is 0 Å². The molecule has 3 heteroatoms. The van der Waals surface area contributed by atoms with E-state index < -0.39 is 0 Å². The zero-order valence-electron chi connectivity index (χ0n) is 11.4. The molecule has 1 atom stereocenters. The van der Waals surface area contributed by atoms with E-state index in [2.05, 4.69) is 42.8 Å². The van der Waals surface area contributed by atoms with Crippen LogP contribution in [0.15, 0.2) is 35.3 Å². The summed E-state index contributed by atoms with van der Waals surface area (Å²) in [4.78, 5) is 6.85. The Labute approximate surface area is 109 Å². The van der Waals surface area contributed by atoms with Crippen LogP contribution in [0.5, 0.6) is 0 Å². The summed E-state index contributed by atoms with van der Waals surface area (Å²) in [6.45, 7) is 8.23. The number of hydrogen-bond acceptors (Lipinski definition) is 3. The molecule has 0 unspecified atom stereocenters. The molecule has 0 bridgehead atoms. The lowest BCUT2D eigenvalue weighted by molar-refractivity contribution is 0.148. The average molecular weight is 246 g/mol. The topological polar surface area (TPSA) is 35.8 Å². The van der Waals surface area contributed by atoms with Crippen molar-refractivity contribution in [1.29, 1.82) is 0 Å². The smallest absolute Gasteiger partial charge is 0.0918 e. The molecule has 0 fully saturated rings. The molecule has 3 nitrogen and oxygen atoms in total. The van der Waals surface area contributed by atoms with E-state index in [0.29, 0.717) is 6.67 Å². The van der Waals surface area contributed by atoms with Crippen molar-refractivity contribution < 1.29 is 5.11 Å². The monoisotopic (exact) mass is 246 g/mol. The van der Waals surface area contributed by atoms with E-state index in [-0.39, 0.29) is 18.1 Å². The van der Waals surface area contributed by atoms with Crippen molar-refractivity contribution in [2.45, 2.75) is 26.8 Å². The van der Waals surface area contributed by atoms with Crippen LogP contribution in [0, 0.1) is 5.41 Å². The van der Waals surface area contributed by atoms with Crippen LogP contribution in [0.3, 0.4) is 0 Å². The van der Waals surface area contributed by atoms with Crippen LogP contribution in [0.1, 0.15) is 32.4 Å². The lowest BCUT2D eigenvalue weighted by Gasteiger charge is -2.27. The van der Waals surface area contributed by atoms with Gasteiger partial charge in [-0.25, -0.2) is 0 Å². The fourth-order valence-electron chi connectivity index (χ4n) is 2.26. The molecular formula is C15H22N2O. The number of aliphatic imine (C=N–C) groups is 1. The molecule has 0 radical (unpaired) electrons. The first-order chi connectivity index (χ1) is 8.52. The number of aliphatic hydroxyl groups excluding tert-OH is 1. The van der Waals surface area contributed by atoms with E-state index in [0.717, 1.165) is 12.1 Å². The summed E-state index contributed by atoms with van der Waals surface area (Å²) in [6, 6.07) is 10.2. The quantitative estimate of drug-likeness (QED) is 0.889. The highest BCUT2D eigenvalue weighted by atomic mass is 16.3. The van der Waals surface area contributed by atoms with E-state index >= 15 is 0 Å². The lowest BCUT2D eigenvalue weighted by atomic mass is 9.90. The standard InChI is InChI=1S/C15H22N2O/c1-15(2,3)14-9-17(11-16-14)13(10-18)12-7-5-4-6-8-12/h4-8,13,18H,9-11H2,1-3H3/t13-/m0/s1. The largest absolute Gasteiger partial charge is 0.394 e. The van der Waals surface area contributed by atoms with Crippen LogP contribution in [0.25, 0.3) is 0 Å². The third kappa shape index (κ3) is 2.79. The van der Waals surface area contributed by atoms with E-state index in [1.807, 2.05) is 18.2 Å². The third-order valence-electron chi connectivity index (χ3n) is 3.46. The Morgan fingerprint density at radius 1 is 1.28 bits per heavy atom. The SMILES string of the molecule is CC(C)(C)C1=NCN([C@@H](CO)c2ccccc2)C1. The summed E-state index contributed by atoms with van der Waals surface area (Å²) in [5.74, 6) is 0. The Kier molecular flexibility index (Phi) is 3.83. The van der Waals surface area contributed by atoms with Gasteiger partial charge in [-0.1, -0.05) is 51.1 Å². The summed E-state index contributed by atoms with van der Waals surface area (Å²) >= 11 is 0. The van der Waals surface area contributed by atoms with Gasteiger partial charge < -0.3 is 5.11 Å². The normalized spacial score (nSPS) is 18.8. The van der Waals surface area contributed by atoms with E-state index in [1.165, 1.54) is 5.71 Å². The Hall–Kier alpha value is -1.19. The van der Waals surface area contributed by atoms with Gasteiger partial charge >= 0.3 is 0 Å². The van der Waals surface area contributed by atoms with Crippen LogP contribution in [-0.2, 0) is 0 Å². The lowest BCUT2D eigenvalue weighted by Crippen LogP contribution is -2.33. The predicted octanol–water partition coefficient (Wildman–Crippen LogP) is 2.48. The molecular weight excluding hydrogens is 224 g/mol. The van der Waals surface area contributed by atoms with Gasteiger partial charge in [0.2, 0.25) is 0 Å². The second kappa shape index (κ2) is 5.21. The molecule has 1 aliphatic rings. The first-order valence-electron chi connectivity index (χ1n) is 6.46. The second-order valence-electron chi connectivity index (χ2n) is 5.85. The van der Waals surface area contributed by atoms with Crippen molar-refractivity contribution >= 4 is 5.71 Å². The van der Waals surface area contributed by atoms with Gasteiger partial charge in [0.05, 0.1) is 19.3 Å². The van der Waals surface area contributed by atoms with Crippen molar-refractivity contribution in [2.24, 2.45) is 10.4 Å². The number of nitrogens with zero attached hydrogens (tertiary/aromatic N) is 2. The minimum Gasteiger partial charge on any atom is -0.394 e. The molecule has 1 N–H and O–H groups in total. The average Bonchev–Trinajstić information content (AvgIpc) is 2.81. The van der Waals surface area contributed by atoms with Gasteiger partial charge in [0.25, 0.3) is 0 Å². The van der Waals surface area contributed by atoms with Crippen molar-refractivity contribution in [1.82, 2.24) is 4.90 Å². The zero-order chi connectivity index (χ0) is 13.2. The fraction of sp³-hybridized carbons (Fsp3) is 0.533. The van der Waals surface area contributed by atoms with Gasteiger partial charge in [-0.15, -0.1) is 0 Å². The number of rotatable bonds is 3. The summed E-state index contributed by atoms with van der Waals surface area (Å²) in [7, 11) is 0. The number of hydrogen-bond donors (Lipinski definition) is 1. The number of benzene rings is 1. The van der Waals surface area contributed by atoms with Crippen LogP contribution in [-0.4, -0.2) is 35.5 Å². The van der Waals surface area contributed by atoms with Crippen molar-refractivity contribution in [2.75, 3.05) is 19.8 Å². The minimum atomic E-state index is 0.0507. The van der Waals surface area contributed by atoms with Gasteiger partial charge in [0.1, 0.15) is 0 Å². The van der Waals surface area contributed by atoms with Crippen molar-refractivity contribution in [3.63, 3.8) is 0 Å². The highest BCUT2D eigenvalue weighted by Gasteiger charge is 2.30. The molecule has 98 valence electrons. The highest BCUT2D eigenvalue weighted by Crippen LogP contribution is 2.27. The summed E-state index contributed by atoms with van der Waals surface area (Å²) in [6.07, 6.45) is 0. The van der Waals surface area contributed by atoms with Crippen LogP contribution in [0.4, 0.5) is 0 Å². The summed E-state index contributed by atoms with van der Waals surface area (Å²) < 4.78 is 0. The Morgan fingerprint density at radius 3 is 2.44 bits per heavy atom. The summed E-state index contributed by atoms with van der Waals surface area (Å²) in [5, 5.41) is 9.64. The van der Waals surface area contributed by atoms with Crippen LogP contribution >= 0.6 is 0 Å². The first kappa shape index (κ1) is 13.2. The molecule has 18 heavy (non-hydrogen) atoms. The molecule has 0 spiro atoms. The van der Waals surface area contributed by atoms with Gasteiger partial charge in [0, 0.05) is 17.7 Å². The van der Waals surface area contributed by atoms with Gasteiger partial charge in [0.15, 0.2) is 0 Å². The van der Waals surface area contributed by atoms with E-state index in [1.54, 1.807) is 0 Å². The van der Waals surface area contributed by atoms with E-state index in [9.17, 15) is 5.11 Å². The predicted molar refractivity (Wildman–Crippen MR) is 74.7 cm³/mol. The molecule has 1 heterocycles. The molecule has 0 saturated heterocycles. The maximum Gasteiger partial charge on any atom is 0.0918 e. The third-order valence-corrected chi connectivity index (χ3v) is 3.46. The maximum absolute atomic E-state index is 9.64. The Balaban J connectivity index is 2.10. The highest BCUT2D eigenvalue weighted by molar-refractivity contribution is 5.92. The molecule has 0 amide bonds. The molecule has 0 saturated carbocycles. The fourth-order valence-corrected chi connectivity index (χ4v) is 2.26. The second-order valence-corrected chi connectivity index (χ2v) is 5.85. The Morgan fingerprint density at radius 2 is 1.94 bits per heavy atom. The minimum absolute atomic E-state index is 0.0507. The Bertz CT molecular complexity index is 420. The van der Waals surface area contributed by atoms with Gasteiger partial charge in [-0.05, 0) is 5.56 Å². The molecule has 1 aliphatic heterocycles. The van der Waals surface area contributed by atoms with Crippen molar-refractivity contribution in [3.05, 3.63) is 35.9 Å². The van der Waals surface area contributed by atoms with E-state index in [4.69, 9.17) is 0 Å². The molecule has 0 aliphatic carbocycles. The molecule has 2 rings (SSSR count). The molecule has 1 aromatic rings. The molecule has 0 aromatic heterocycles. The van der Waals surface area contributed by atoms with Crippen LogP contribution in [0.2, 0.25) is 0 Å². The molecule has 1 aromatic carbocycles. The van der Waals surface area contributed by atoms with Gasteiger partial charge in [-0.2, -0.15) is 0 Å².